The molecule has 0 aromatic heterocycles. The maximum Gasteiger partial charge on any atom is 0.0462 e. The Morgan fingerprint density at radius 3 is 0.772 bits per heavy atom. The fourth-order valence-electron chi connectivity index (χ4n) is 7.93. The second-order valence-corrected chi connectivity index (χ2v) is 14.6. The minimum Gasteiger partial charge on any atom is -0.311 e. The Morgan fingerprint density at radius 2 is 0.421 bits per heavy atom. The van der Waals surface area contributed by atoms with E-state index < -0.39 is 0 Å². The van der Waals surface area contributed by atoms with Crippen molar-refractivity contribution in [2.24, 2.45) is 0 Å². The molecule has 0 aliphatic carbocycles. The Hall–Kier alpha value is -7.48. The van der Waals surface area contributed by atoms with Crippen molar-refractivity contribution in [3.05, 3.63) is 237 Å². The fourth-order valence-corrected chi connectivity index (χ4v) is 7.93. The maximum atomic E-state index is 2.34. The third-order valence-electron chi connectivity index (χ3n) is 11.1. The summed E-state index contributed by atoms with van der Waals surface area (Å²) in [5, 5.41) is 5.04. The first-order chi connectivity index (χ1) is 28.2. The van der Waals surface area contributed by atoms with Crippen molar-refractivity contribution in [1.29, 1.82) is 0 Å². The summed E-state index contributed by atoms with van der Waals surface area (Å²) in [7, 11) is 0. The van der Waals surface area contributed by atoms with Crippen molar-refractivity contribution in [1.82, 2.24) is 0 Å². The van der Waals surface area contributed by atoms with Gasteiger partial charge in [0.05, 0.1) is 0 Å². The molecule has 1 heteroatoms. The molecule has 0 aliphatic rings. The molecule has 0 unspecified atom stereocenters. The fraction of sp³-hybridized carbons (Fsp3) is 0. The van der Waals surface area contributed by atoms with Crippen LogP contribution in [0.5, 0.6) is 0 Å². The lowest BCUT2D eigenvalue weighted by Gasteiger charge is -2.26. The van der Waals surface area contributed by atoms with E-state index >= 15 is 0 Å². The molecule has 0 aliphatic heterocycles. The largest absolute Gasteiger partial charge is 0.311 e. The van der Waals surface area contributed by atoms with Crippen LogP contribution in [0, 0.1) is 0 Å². The van der Waals surface area contributed by atoms with Crippen molar-refractivity contribution in [3.63, 3.8) is 0 Å². The van der Waals surface area contributed by atoms with E-state index in [-0.39, 0.29) is 0 Å². The Kier molecular flexibility index (Phi) is 8.95. The lowest BCUT2D eigenvalue weighted by Crippen LogP contribution is -2.09. The summed E-state index contributed by atoms with van der Waals surface area (Å²) >= 11 is 0. The average molecular weight is 726 g/mol. The molecule has 0 radical (unpaired) electrons. The van der Waals surface area contributed by atoms with Crippen molar-refractivity contribution < 1.29 is 0 Å². The highest BCUT2D eigenvalue weighted by Gasteiger charge is 2.14. The van der Waals surface area contributed by atoms with Crippen molar-refractivity contribution in [2.45, 2.75) is 0 Å². The van der Waals surface area contributed by atoms with Gasteiger partial charge in [-0.25, -0.2) is 0 Å². The molecule has 10 aromatic carbocycles. The zero-order valence-corrected chi connectivity index (χ0v) is 31.5. The second kappa shape index (κ2) is 15.0. The number of hydrogen-bond acceptors (Lipinski definition) is 1. The highest BCUT2D eigenvalue weighted by molar-refractivity contribution is 5.89. The van der Waals surface area contributed by atoms with Crippen LogP contribution in [0.1, 0.15) is 0 Å². The molecule has 0 N–H and O–H groups in total. The summed E-state index contributed by atoms with van der Waals surface area (Å²) < 4.78 is 0. The van der Waals surface area contributed by atoms with Gasteiger partial charge < -0.3 is 4.90 Å². The van der Waals surface area contributed by atoms with Gasteiger partial charge in [-0.05, 0) is 126 Å². The predicted octanol–water partition coefficient (Wildman–Crippen LogP) is 15.8. The molecule has 0 atom stereocenters. The molecule has 57 heavy (non-hydrogen) atoms. The smallest absolute Gasteiger partial charge is 0.0462 e. The molecule has 0 saturated carbocycles. The molecular weight excluding hydrogens is 687 g/mol. The lowest BCUT2D eigenvalue weighted by atomic mass is 9.98. The minimum atomic E-state index is 1.10. The van der Waals surface area contributed by atoms with Gasteiger partial charge in [0.1, 0.15) is 0 Å². The normalized spacial score (nSPS) is 11.2. The summed E-state index contributed by atoms with van der Waals surface area (Å²) in [5.41, 5.74) is 15.4. The van der Waals surface area contributed by atoms with E-state index in [4.69, 9.17) is 0 Å². The third-order valence-corrected chi connectivity index (χ3v) is 11.1. The highest BCUT2D eigenvalue weighted by atomic mass is 15.1. The minimum absolute atomic E-state index is 1.10. The molecule has 0 bridgehead atoms. The lowest BCUT2D eigenvalue weighted by molar-refractivity contribution is 1.28. The Labute approximate surface area is 334 Å². The van der Waals surface area contributed by atoms with Crippen molar-refractivity contribution >= 4 is 38.6 Å². The molecule has 10 aromatic rings. The first-order valence-corrected chi connectivity index (χ1v) is 19.6. The Morgan fingerprint density at radius 1 is 0.175 bits per heavy atom. The standard InChI is InChI=1S/C56H39N/c1-2-8-40(9-3-1)45-26-32-54(33-27-45)57(55-34-28-46(29-35-55)43-14-18-48(19-15-43)52-24-22-41-10-4-6-12-50(41)38-52)56-36-30-47(31-37-56)44-16-20-49(21-17-44)53-25-23-42-11-5-7-13-51(42)39-53/h1-39H. The van der Waals surface area contributed by atoms with Crippen LogP contribution in [0.4, 0.5) is 17.1 Å². The summed E-state index contributed by atoms with van der Waals surface area (Å²) in [6.45, 7) is 0. The molecule has 0 saturated heterocycles. The van der Waals surface area contributed by atoms with Gasteiger partial charge in [0.25, 0.3) is 0 Å². The van der Waals surface area contributed by atoms with Gasteiger partial charge in [0, 0.05) is 17.1 Å². The van der Waals surface area contributed by atoms with E-state index in [9.17, 15) is 0 Å². The third kappa shape index (κ3) is 6.99. The Balaban J connectivity index is 0.937. The van der Waals surface area contributed by atoms with Crippen LogP contribution in [0.25, 0.3) is 77.2 Å². The number of benzene rings is 10. The van der Waals surface area contributed by atoms with Crippen molar-refractivity contribution in [2.75, 3.05) is 4.90 Å². The van der Waals surface area contributed by atoms with Crippen LogP contribution in [-0.2, 0) is 0 Å². The van der Waals surface area contributed by atoms with Crippen LogP contribution in [0.15, 0.2) is 237 Å². The molecule has 268 valence electrons. The summed E-state index contributed by atoms with van der Waals surface area (Å²) in [5.74, 6) is 0. The molecule has 1 nitrogen and oxygen atoms in total. The molecule has 10 rings (SSSR count). The van der Waals surface area contributed by atoms with Gasteiger partial charge in [0.15, 0.2) is 0 Å². The average Bonchev–Trinajstić information content (AvgIpc) is 3.30. The van der Waals surface area contributed by atoms with E-state index in [2.05, 4.69) is 241 Å². The predicted molar refractivity (Wildman–Crippen MR) is 243 cm³/mol. The van der Waals surface area contributed by atoms with E-state index in [1.54, 1.807) is 0 Å². The van der Waals surface area contributed by atoms with Gasteiger partial charge in [-0.2, -0.15) is 0 Å². The number of anilines is 3. The zero-order valence-electron chi connectivity index (χ0n) is 31.5. The van der Waals surface area contributed by atoms with Crippen LogP contribution in [0.3, 0.4) is 0 Å². The summed E-state index contributed by atoms with van der Waals surface area (Å²) in [6.07, 6.45) is 0. The van der Waals surface area contributed by atoms with E-state index in [1.807, 2.05) is 0 Å². The van der Waals surface area contributed by atoms with Gasteiger partial charge in [-0.3, -0.25) is 0 Å². The quantitative estimate of drug-likeness (QED) is 0.151. The number of fused-ring (bicyclic) bond motifs is 2. The first-order valence-electron chi connectivity index (χ1n) is 19.6. The van der Waals surface area contributed by atoms with Crippen LogP contribution in [-0.4, -0.2) is 0 Å². The van der Waals surface area contributed by atoms with Gasteiger partial charge in [0.2, 0.25) is 0 Å². The molecule has 0 amide bonds. The zero-order chi connectivity index (χ0) is 38.0. The molecular formula is C56H39N. The number of nitrogens with zero attached hydrogens (tertiary/aromatic N) is 1. The van der Waals surface area contributed by atoms with Crippen LogP contribution >= 0.6 is 0 Å². The van der Waals surface area contributed by atoms with Crippen LogP contribution < -0.4 is 4.90 Å². The highest BCUT2D eigenvalue weighted by Crippen LogP contribution is 2.38. The number of rotatable bonds is 8. The van der Waals surface area contributed by atoms with Gasteiger partial charge >= 0.3 is 0 Å². The molecule has 0 heterocycles. The van der Waals surface area contributed by atoms with E-state index in [1.165, 1.54) is 77.2 Å². The van der Waals surface area contributed by atoms with Crippen LogP contribution in [0.2, 0.25) is 0 Å². The maximum absolute atomic E-state index is 2.34. The van der Waals surface area contributed by atoms with Gasteiger partial charge in [-0.1, -0.05) is 188 Å². The summed E-state index contributed by atoms with van der Waals surface area (Å²) in [6, 6.07) is 85.6. The van der Waals surface area contributed by atoms with E-state index in [0.29, 0.717) is 0 Å². The number of hydrogen-bond donors (Lipinski definition) is 0. The topological polar surface area (TPSA) is 3.24 Å². The Bertz CT molecular complexity index is 2780. The SMILES string of the molecule is c1ccc(-c2ccc(N(c3ccc(-c4ccc(-c5ccc6ccccc6c5)cc4)cc3)c3ccc(-c4ccc(-c5ccc6ccccc6c5)cc4)cc3)cc2)cc1. The monoisotopic (exact) mass is 725 g/mol. The van der Waals surface area contributed by atoms with Crippen molar-refractivity contribution in [3.8, 4) is 55.6 Å². The van der Waals surface area contributed by atoms with E-state index in [0.717, 1.165) is 17.1 Å². The second-order valence-electron chi connectivity index (χ2n) is 14.6. The van der Waals surface area contributed by atoms with Gasteiger partial charge in [-0.15, -0.1) is 0 Å². The summed E-state index contributed by atoms with van der Waals surface area (Å²) in [4.78, 5) is 2.34. The first kappa shape index (κ1) is 34.0. The molecule has 0 spiro atoms. The molecule has 0 fully saturated rings.